The van der Waals surface area contributed by atoms with Gasteiger partial charge in [0.05, 0.1) is 0 Å². The molecule has 0 heterocycles. The van der Waals surface area contributed by atoms with Gasteiger partial charge in [-0.3, -0.25) is 0 Å². The molecule has 1 atom stereocenters. The Morgan fingerprint density at radius 2 is 1.52 bits per heavy atom. The first kappa shape index (κ1) is 17.6. The van der Waals surface area contributed by atoms with Gasteiger partial charge in [-0.15, -0.1) is 0 Å². The number of benzene rings is 2. The largest absolute Gasteiger partial charge is 0.279 e. The quantitative estimate of drug-likeness (QED) is 0.882. The molecule has 0 bridgehead atoms. The first-order chi connectivity index (χ1) is 10.7. The zero-order chi connectivity index (χ0) is 17.1. The van der Waals surface area contributed by atoms with Gasteiger partial charge in [-0.2, -0.15) is 17.4 Å². The standard InChI is InChI=1S/C17H21FN2O2S/c1-17(18,13-19-23(21,22)20(2)3)16-11-9-15(10-12-16)14-7-5-4-6-8-14/h4-12,19H,13H2,1-3H3. The Morgan fingerprint density at radius 1 is 1.00 bits per heavy atom. The van der Waals surface area contributed by atoms with E-state index in [0.717, 1.165) is 15.4 Å². The average Bonchev–Trinajstić information content (AvgIpc) is 2.54. The zero-order valence-electron chi connectivity index (χ0n) is 13.5. The molecular weight excluding hydrogens is 315 g/mol. The molecule has 6 heteroatoms. The van der Waals surface area contributed by atoms with Gasteiger partial charge in [0.25, 0.3) is 10.2 Å². The lowest BCUT2D eigenvalue weighted by Gasteiger charge is -2.23. The van der Waals surface area contributed by atoms with Crippen LogP contribution in [0.25, 0.3) is 11.1 Å². The van der Waals surface area contributed by atoms with Crippen molar-refractivity contribution >= 4 is 10.2 Å². The highest BCUT2D eigenvalue weighted by Crippen LogP contribution is 2.28. The van der Waals surface area contributed by atoms with Crippen molar-refractivity contribution in [1.29, 1.82) is 0 Å². The molecule has 0 saturated heterocycles. The molecule has 1 unspecified atom stereocenters. The van der Waals surface area contributed by atoms with Gasteiger partial charge in [-0.25, -0.2) is 4.39 Å². The fourth-order valence-electron chi connectivity index (χ4n) is 2.10. The van der Waals surface area contributed by atoms with E-state index in [9.17, 15) is 12.8 Å². The maximum absolute atomic E-state index is 14.8. The van der Waals surface area contributed by atoms with Crippen molar-refractivity contribution in [1.82, 2.24) is 9.03 Å². The minimum Gasteiger partial charge on any atom is -0.238 e. The number of hydrogen-bond donors (Lipinski definition) is 1. The summed E-state index contributed by atoms with van der Waals surface area (Å²) < 4.78 is 41.5. The van der Waals surface area contributed by atoms with Crippen molar-refractivity contribution in [3.63, 3.8) is 0 Å². The fraction of sp³-hybridized carbons (Fsp3) is 0.294. The summed E-state index contributed by atoms with van der Waals surface area (Å²) in [7, 11) is -0.856. The van der Waals surface area contributed by atoms with Crippen LogP contribution in [0.1, 0.15) is 12.5 Å². The van der Waals surface area contributed by atoms with Crippen LogP contribution in [0.2, 0.25) is 0 Å². The highest BCUT2D eigenvalue weighted by atomic mass is 32.2. The number of alkyl halides is 1. The maximum atomic E-state index is 14.8. The molecular formula is C17H21FN2O2S. The third-order valence-electron chi connectivity index (χ3n) is 3.66. The number of halogens is 1. The molecule has 2 rings (SSSR count). The summed E-state index contributed by atoms with van der Waals surface area (Å²) >= 11 is 0. The summed E-state index contributed by atoms with van der Waals surface area (Å²) in [6, 6.07) is 16.8. The number of nitrogens with zero attached hydrogens (tertiary/aromatic N) is 1. The Labute approximate surface area is 137 Å². The van der Waals surface area contributed by atoms with Crippen molar-refractivity contribution in [3.8, 4) is 11.1 Å². The molecule has 0 radical (unpaired) electrons. The number of rotatable bonds is 6. The number of nitrogens with one attached hydrogen (secondary N) is 1. The Kier molecular flexibility index (Phi) is 5.19. The van der Waals surface area contributed by atoms with Crippen LogP contribution in [0, 0.1) is 0 Å². The SMILES string of the molecule is CN(C)S(=O)(=O)NCC(C)(F)c1ccc(-c2ccccc2)cc1. The van der Waals surface area contributed by atoms with E-state index in [0.29, 0.717) is 5.56 Å². The third kappa shape index (κ3) is 4.37. The van der Waals surface area contributed by atoms with E-state index in [4.69, 9.17) is 0 Å². The zero-order valence-corrected chi connectivity index (χ0v) is 14.3. The molecule has 0 spiro atoms. The molecule has 0 fully saturated rings. The Hall–Kier alpha value is -1.76. The predicted octanol–water partition coefficient (Wildman–Crippen LogP) is 2.93. The molecule has 2 aromatic rings. The second-order valence-electron chi connectivity index (χ2n) is 5.75. The highest BCUT2D eigenvalue weighted by molar-refractivity contribution is 7.87. The van der Waals surface area contributed by atoms with Crippen molar-refractivity contribution in [2.75, 3.05) is 20.6 Å². The molecule has 0 saturated carbocycles. The van der Waals surface area contributed by atoms with Crippen molar-refractivity contribution in [3.05, 3.63) is 60.2 Å². The van der Waals surface area contributed by atoms with Gasteiger partial charge in [0.2, 0.25) is 0 Å². The molecule has 124 valence electrons. The van der Waals surface area contributed by atoms with Gasteiger partial charge >= 0.3 is 0 Å². The first-order valence-corrected chi connectivity index (χ1v) is 8.68. The lowest BCUT2D eigenvalue weighted by atomic mass is 9.95. The lowest BCUT2D eigenvalue weighted by molar-refractivity contribution is 0.196. The molecule has 23 heavy (non-hydrogen) atoms. The second kappa shape index (κ2) is 6.78. The van der Waals surface area contributed by atoms with E-state index in [1.807, 2.05) is 42.5 Å². The van der Waals surface area contributed by atoms with Crippen LogP contribution in [0.4, 0.5) is 4.39 Å². The van der Waals surface area contributed by atoms with Crippen molar-refractivity contribution in [2.45, 2.75) is 12.6 Å². The highest BCUT2D eigenvalue weighted by Gasteiger charge is 2.28. The van der Waals surface area contributed by atoms with Gasteiger partial charge < -0.3 is 0 Å². The third-order valence-corrected chi connectivity index (χ3v) is 5.13. The Balaban J connectivity index is 2.14. The van der Waals surface area contributed by atoms with Gasteiger partial charge in [0.1, 0.15) is 5.67 Å². The van der Waals surface area contributed by atoms with Crippen molar-refractivity contribution in [2.24, 2.45) is 0 Å². The smallest absolute Gasteiger partial charge is 0.238 e. The molecule has 0 amide bonds. The molecule has 0 aliphatic carbocycles. The van der Waals surface area contributed by atoms with E-state index in [1.54, 1.807) is 12.1 Å². The second-order valence-corrected chi connectivity index (χ2v) is 7.72. The molecule has 1 N–H and O–H groups in total. The Morgan fingerprint density at radius 3 is 2.04 bits per heavy atom. The molecule has 4 nitrogen and oxygen atoms in total. The minimum atomic E-state index is -3.65. The first-order valence-electron chi connectivity index (χ1n) is 7.24. The fourth-order valence-corrected chi connectivity index (χ4v) is 2.81. The summed E-state index contributed by atoms with van der Waals surface area (Å²) in [6.07, 6.45) is 0. The van der Waals surface area contributed by atoms with Gasteiger partial charge in [0.15, 0.2) is 0 Å². The van der Waals surface area contributed by atoms with Crippen LogP contribution in [0.15, 0.2) is 54.6 Å². The Bertz CT molecular complexity index is 742. The molecule has 0 aliphatic heterocycles. The monoisotopic (exact) mass is 336 g/mol. The minimum absolute atomic E-state index is 0.321. The van der Waals surface area contributed by atoms with E-state index in [2.05, 4.69) is 4.72 Å². The van der Waals surface area contributed by atoms with Crippen LogP contribution < -0.4 is 4.72 Å². The van der Waals surface area contributed by atoms with E-state index >= 15 is 0 Å². The summed E-state index contributed by atoms with van der Waals surface area (Å²) in [5, 5.41) is 0. The molecule has 0 aromatic heterocycles. The summed E-state index contributed by atoms with van der Waals surface area (Å²) in [5.41, 5.74) is 0.670. The summed E-state index contributed by atoms with van der Waals surface area (Å²) in [5.74, 6) is 0. The van der Waals surface area contributed by atoms with Crippen LogP contribution in [-0.2, 0) is 15.9 Å². The van der Waals surface area contributed by atoms with E-state index < -0.39 is 15.9 Å². The van der Waals surface area contributed by atoms with Crippen LogP contribution in [0.3, 0.4) is 0 Å². The summed E-state index contributed by atoms with van der Waals surface area (Å²) in [4.78, 5) is 0. The average molecular weight is 336 g/mol. The van der Waals surface area contributed by atoms with Gasteiger partial charge in [-0.1, -0.05) is 54.6 Å². The van der Waals surface area contributed by atoms with E-state index in [1.165, 1.54) is 21.0 Å². The maximum Gasteiger partial charge on any atom is 0.279 e. The van der Waals surface area contributed by atoms with Crippen LogP contribution >= 0.6 is 0 Å². The summed E-state index contributed by atoms with van der Waals surface area (Å²) in [6.45, 7) is 1.04. The topological polar surface area (TPSA) is 49.4 Å². The van der Waals surface area contributed by atoms with E-state index in [-0.39, 0.29) is 6.54 Å². The predicted molar refractivity (Wildman–Crippen MR) is 90.9 cm³/mol. The normalized spacial score (nSPS) is 14.7. The van der Waals surface area contributed by atoms with Crippen LogP contribution in [-0.4, -0.2) is 33.4 Å². The lowest BCUT2D eigenvalue weighted by Crippen LogP contribution is -2.41. The van der Waals surface area contributed by atoms with Crippen molar-refractivity contribution < 1.29 is 12.8 Å². The van der Waals surface area contributed by atoms with Crippen LogP contribution in [0.5, 0.6) is 0 Å². The molecule has 2 aromatic carbocycles. The van der Waals surface area contributed by atoms with Gasteiger partial charge in [0, 0.05) is 20.6 Å². The van der Waals surface area contributed by atoms with Gasteiger partial charge in [-0.05, 0) is 23.6 Å². The molecule has 0 aliphatic rings. The number of hydrogen-bond acceptors (Lipinski definition) is 2.